The van der Waals surface area contributed by atoms with E-state index in [0.29, 0.717) is 16.7 Å². The van der Waals surface area contributed by atoms with Crippen LogP contribution in [0.25, 0.3) is 0 Å². The molecule has 0 rings (SSSR count). The van der Waals surface area contributed by atoms with Gasteiger partial charge in [-0.2, -0.15) is 11.8 Å². The van der Waals surface area contributed by atoms with Crippen LogP contribution in [0.4, 0.5) is 0 Å². The Morgan fingerprint density at radius 3 is 2.29 bits per heavy atom. The van der Waals surface area contributed by atoms with Gasteiger partial charge in [0.25, 0.3) is 0 Å². The average Bonchev–Trinajstić information content (AvgIpc) is 2.12. The molecule has 14 heavy (non-hydrogen) atoms. The van der Waals surface area contributed by atoms with Crippen molar-refractivity contribution in [3.05, 3.63) is 0 Å². The summed E-state index contributed by atoms with van der Waals surface area (Å²) in [5.41, 5.74) is 0. The van der Waals surface area contributed by atoms with Crippen LogP contribution in [0.15, 0.2) is 0 Å². The Bertz CT molecular complexity index is 148. The van der Waals surface area contributed by atoms with Crippen LogP contribution in [-0.2, 0) is 4.74 Å². The third kappa shape index (κ3) is 5.89. The van der Waals surface area contributed by atoms with E-state index >= 15 is 0 Å². The van der Waals surface area contributed by atoms with Gasteiger partial charge >= 0.3 is 0 Å². The molecule has 3 heteroatoms. The zero-order chi connectivity index (χ0) is 11.2. The molecule has 1 N–H and O–H groups in total. The first kappa shape index (κ1) is 14.3. The van der Waals surface area contributed by atoms with Gasteiger partial charge in [0.15, 0.2) is 0 Å². The van der Waals surface area contributed by atoms with Crippen molar-refractivity contribution in [2.75, 3.05) is 26.5 Å². The minimum absolute atomic E-state index is 0.306. The van der Waals surface area contributed by atoms with Crippen LogP contribution in [0.5, 0.6) is 0 Å². The second-order valence-corrected chi connectivity index (χ2v) is 6.16. The molecule has 0 aromatic rings. The van der Waals surface area contributed by atoms with Crippen molar-refractivity contribution >= 4 is 11.8 Å². The third-order valence-corrected chi connectivity index (χ3v) is 3.74. The Hall–Kier alpha value is 0.270. The van der Waals surface area contributed by atoms with Crippen molar-refractivity contribution in [3.63, 3.8) is 0 Å². The van der Waals surface area contributed by atoms with Gasteiger partial charge in [-0.15, -0.1) is 0 Å². The summed E-state index contributed by atoms with van der Waals surface area (Å²) in [7, 11) is 1.76. The second-order valence-electron chi connectivity index (χ2n) is 4.65. The normalized spacial score (nSPS) is 14.8. The number of hydrogen-bond acceptors (Lipinski definition) is 3. The van der Waals surface area contributed by atoms with Crippen LogP contribution in [0.2, 0.25) is 0 Å². The third-order valence-electron chi connectivity index (χ3n) is 2.49. The molecule has 2 nitrogen and oxygen atoms in total. The average molecular weight is 219 g/mol. The maximum Gasteiger partial charge on any atom is 0.0618 e. The SMILES string of the molecule is COC[C@H](NCC(C)(C)SC)C(C)C. The molecule has 86 valence electrons. The lowest BCUT2D eigenvalue weighted by atomic mass is 10.0. The summed E-state index contributed by atoms with van der Waals surface area (Å²) in [5, 5.41) is 3.57. The Kier molecular flexibility index (Phi) is 6.83. The van der Waals surface area contributed by atoms with Crippen molar-refractivity contribution in [2.24, 2.45) is 5.92 Å². The van der Waals surface area contributed by atoms with Gasteiger partial charge in [0.05, 0.1) is 6.61 Å². The van der Waals surface area contributed by atoms with Gasteiger partial charge in [0, 0.05) is 24.4 Å². The van der Waals surface area contributed by atoms with Crippen LogP contribution in [0.3, 0.4) is 0 Å². The molecule has 0 fully saturated rings. The predicted octanol–water partition coefficient (Wildman–Crippen LogP) is 2.39. The first-order chi connectivity index (χ1) is 6.43. The minimum atomic E-state index is 0.306. The first-order valence-electron chi connectivity index (χ1n) is 5.20. The monoisotopic (exact) mass is 219 g/mol. The molecule has 1 atom stereocenters. The van der Waals surface area contributed by atoms with E-state index < -0.39 is 0 Å². The van der Waals surface area contributed by atoms with E-state index in [0.717, 1.165) is 13.2 Å². The lowest BCUT2D eigenvalue weighted by molar-refractivity contribution is 0.146. The number of nitrogens with one attached hydrogen (secondary N) is 1. The van der Waals surface area contributed by atoms with E-state index in [4.69, 9.17) is 4.74 Å². The molecule has 0 radical (unpaired) electrons. The smallest absolute Gasteiger partial charge is 0.0618 e. The van der Waals surface area contributed by atoms with Crippen molar-refractivity contribution in [2.45, 2.75) is 38.5 Å². The molecule has 0 aromatic heterocycles. The zero-order valence-electron chi connectivity index (χ0n) is 10.4. The summed E-state index contributed by atoms with van der Waals surface area (Å²) >= 11 is 1.90. The van der Waals surface area contributed by atoms with Gasteiger partial charge in [-0.05, 0) is 26.0 Å². The van der Waals surface area contributed by atoms with Gasteiger partial charge in [0.2, 0.25) is 0 Å². The van der Waals surface area contributed by atoms with E-state index in [-0.39, 0.29) is 0 Å². The van der Waals surface area contributed by atoms with Gasteiger partial charge in [0.1, 0.15) is 0 Å². The molecule has 0 aliphatic rings. The highest BCUT2D eigenvalue weighted by Crippen LogP contribution is 2.20. The summed E-state index contributed by atoms with van der Waals surface area (Å²) in [6.07, 6.45) is 2.16. The summed E-state index contributed by atoms with van der Waals surface area (Å²) in [4.78, 5) is 0. The van der Waals surface area contributed by atoms with Gasteiger partial charge < -0.3 is 10.1 Å². The molecule has 0 aliphatic carbocycles. The molecular weight excluding hydrogens is 194 g/mol. The fourth-order valence-corrected chi connectivity index (χ4v) is 1.34. The summed E-state index contributed by atoms with van der Waals surface area (Å²) < 4.78 is 5.50. The zero-order valence-corrected chi connectivity index (χ0v) is 11.2. The van der Waals surface area contributed by atoms with E-state index in [1.54, 1.807) is 7.11 Å². The highest BCUT2D eigenvalue weighted by atomic mass is 32.2. The topological polar surface area (TPSA) is 21.3 Å². The fourth-order valence-electron chi connectivity index (χ4n) is 1.12. The van der Waals surface area contributed by atoms with Crippen molar-refractivity contribution in [1.29, 1.82) is 0 Å². The molecule has 0 aliphatic heterocycles. The van der Waals surface area contributed by atoms with Crippen LogP contribution >= 0.6 is 11.8 Å². The fraction of sp³-hybridized carbons (Fsp3) is 1.00. The Labute approximate surface area is 93.2 Å². The molecule has 0 bridgehead atoms. The minimum Gasteiger partial charge on any atom is -0.383 e. The van der Waals surface area contributed by atoms with Crippen molar-refractivity contribution in [1.82, 2.24) is 5.32 Å². The molecule has 0 unspecified atom stereocenters. The first-order valence-corrected chi connectivity index (χ1v) is 6.43. The number of rotatable bonds is 7. The van der Waals surface area contributed by atoms with Crippen LogP contribution in [0, 0.1) is 5.92 Å². The van der Waals surface area contributed by atoms with Crippen LogP contribution in [-0.4, -0.2) is 37.3 Å². The maximum absolute atomic E-state index is 5.19. The summed E-state index contributed by atoms with van der Waals surface area (Å²) in [6.45, 7) is 10.8. The molecule has 0 amide bonds. The number of thioether (sulfide) groups is 1. The van der Waals surface area contributed by atoms with Gasteiger partial charge in [-0.3, -0.25) is 0 Å². The molecule has 0 heterocycles. The maximum atomic E-state index is 5.19. The van der Waals surface area contributed by atoms with Crippen LogP contribution < -0.4 is 5.32 Å². The van der Waals surface area contributed by atoms with Crippen LogP contribution in [0.1, 0.15) is 27.7 Å². The molecule has 0 saturated heterocycles. The molecule has 0 saturated carbocycles. The van der Waals surface area contributed by atoms with Crippen molar-refractivity contribution < 1.29 is 4.74 Å². The highest BCUT2D eigenvalue weighted by molar-refractivity contribution is 7.99. The lowest BCUT2D eigenvalue weighted by Crippen LogP contribution is -2.43. The number of ether oxygens (including phenoxy) is 1. The van der Waals surface area contributed by atoms with Gasteiger partial charge in [-0.1, -0.05) is 13.8 Å². The highest BCUT2D eigenvalue weighted by Gasteiger charge is 2.19. The lowest BCUT2D eigenvalue weighted by Gasteiger charge is -2.28. The molecule has 0 spiro atoms. The standard InChI is InChI=1S/C11H25NOS/c1-9(2)10(7-13-5)12-8-11(3,4)14-6/h9-10,12H,7-8H2,1-6H3/t10-/m0/s1. The number of methoxy groups -OCH3 is 1. The number of hydrogen-bond donors (Lipinski definition) is 1. The Morgan fingerprint density at radius 1 is 1.36 bits per heavy atom. The van der Waals surface area contributed by atoms with E-state index in [1.165, 1.54) is 0 Å². The van der Waals surface area contributed by atoms with Gasteiger partial charge in [-0.25, -0.2) is 0 Å². The van der Waals surface area contributed by atoms with E-state index in [2.05, 4.69) is 39.3 Å². The summed E-state index contributed by atoms with van der Waals surface area (Å²) in [5.74, 6) is 0.618. The second kappa shape index (κ2) is 6.70. The Balaban J connectivity index is 3.93. The quantitative estimate of drug-likeness (QED) is 0.710. The molecular formula is C11H25NOS. The summed E-state index contributed by atoms with van der Waals surface area (Å²) in [6, 6.07) is 0.464. The predicted molar refractivity (Wildman–Crippen MR) is 66.1 cm³/mol. The van der Waals surface area contributed by atoms with Crippen molar-refractivity contribution in [3.8, 4) is 0 Å². The largest absolute Gasteiger partial charge is 0.383 e. The van der Waals surface area contributed by atoms with E-state index in [1.807, 2.05) is 11.8 Å². The Morgan fingerprint density at radius 2 is 1.93 bits per heavy atom. The van der Waals surface area contributed by atoms with E-state index in [9.17, 15) is 0 Å². The molecule has 0 aromatic carbocycles.